The summed E-state index contributed by atoms with van der Waals surface area (Å²) < 4.78 is 0. The second-order valence-electron chi connectivity index (χ2n) is 5.07. The molecule has 1 aromatic heterocycles. The van der Waals surface area contributed by atoms with Gasteiger partial charge < -0.3 is 11.1 Å². The summed E-state index contributed by atoms with van der Waals surface area (Å²) in [7, 11) is 0. The molecule has 2 rings (SSSR count). The average Bonchev–Trinajstić information content (AvgIpc) is 2.49. The molecule has 0 aliphatic heterocycles. The van der Waals surface area contributed by atoms with Crippen molar-refractivity contribution in [3.8, 4) is 0 Å². The Bertz CT molecular complexity index is 556. The van der Waals surface area contributed by atoms with Gasteiger partial charge in [0.25, 0.3) is 0 Å². The van der Waals surface area contributed by atoms with Crippen LogP contribution < -0.4 is 11.1 Å². The van der Waals surface area contributed by atoms with Crippen LogP contribution in [0.25, 0.3) is 10.9 Å². The smallest absolute Gasteiger partial charge is 0.0948 e. The van der Waals surface area contributed by atoms with Crippen molar-refractivity contribution in [2.24, 2.45) is 5.73 Å². The molecule has 0 saturated heterocycles. The third kappa shape index (κ3) is 3.62. The molecule has 0 spiro atoms. The highest BCUT2D eigenvalue weighted by Crippen LogP contribution is 2.28. The Balaban J connectivity index is 2.18. The van der Waals surface area contributed by atoms with Gasteiger partial charge in [0, 0.05) is 24.2 Å². The summed E-state index contributed by atoms with van der Waals surface area (Å²) in [6, 6.07) is 8.07. The van der Waals surface area contributed by atoms with Crippen LogP contribution in [0.2, 0.25) is 5.02 Å². The van der Waals surface area contributed by atoms with E-state index >= 15 is 0 Å². The summed E-state index contributed by atoms with van der Waals surface area (Å²) in [5.74, 6) is 0. The van der Waals surface area contributed by atoms with E-state index in [1.807, 2.05) is 24.3 Å². The van der Waals surface area contributed by atoms with E-state index in [4.69, 9.17) is 17.3 Å². The van der Waals surface area contributed by atoms with Gasteiger partial charge in [0.15, 0.2) is 0 Å². The van der Waals surface area contributed by atoms with E-state index in [2.05, 4.69) is 17.2 Å². The first-order chi connectivity index (χ1) is 9.76. The van der Waals surface area contributed by atoms with Gasteiger partial charge in [-0.3, -0.25) is 4.98 Å². The van der Waals surface area contributed by atoms with Gasteiger partial charge in [-0.15, -0.1) is 0 Å². The zero-order chi connectivity index (χ0) is 14.4. The monoisotopic (exact) mass is 291 g/mol. The Morgan fingerprint density at radius 3 is 2.90 bits per heavy atom. The van der Waals surface area contributed by atoms with E-state index in [1.165, 1.54) is 19.3 Å². The fourth-order valence-electron chi connectivity index (χ4n) is 2.36. The van der Waals surface area contributed by atoms with Gasteiger partial charge in [0.05, 0.1) is 16.2 Å². The highest BCUT2D eigenvalue weighted by atomic mass is 35.5. The van der Waals surface area contributed by atoms with E-state index in [0.717, 1.165) is 28.0 Å². The molecule has 0 radical (unpaired) electrons. The lowest BCUT2D eigenvalue weighted by atomic mass is 10.1. The van der Waals surface area contributed by atoms with Crippen molar-refractivity contribution in [1.82, 2.24) is 4.98 Å². The predicted molar refractivity (Wildman–Crippen MR) is 87.4 cm³/mol. The molecule has 0 saturated carbocycles. The lowest BCUT2D eigenvalue weighted by Crippen LogP contribution is -2.28. The molecular weight excluding hydrogens is 270 g/mol. The fourth-order valence-corrected chi connectivity index (χ4v) is 2.58. The van der Waals surface area contributed by atoms with Crippen LogP contribution in [0.1, 0.15) is 32.6 Å². The molecule has 20 heavy (non-hydrogen) atoms. The number of halogens is 1. The van der Waals surface area contributed by atoms with Crippen molar-refractivity contribution in [2.75, 3.05) is 11.9 Å². The van der Waals surface area contributed by atoms with E-state index in [1.54, 1.807) is 6.20 Å². The molecule has 0 amide bonds. The number of anilines is 1. The quantitative estimate of drug-likeness (QED) is 0.751. The molecule has 1 heterocycles. The van der Waals surface area contributed by atoms with Crippen molar-refractivity contribution in [2.45, 2.75) is 38.6 Å². The van der Waals surface area contributed by atoms with Crippen LogP contribution in [-0.4, -0.2) is 17.6 Å². The molecule has 2 aromatic rings. The Morgan fingerprint density at radius 2 is 2.15 bits per heavy atom. The van der Waals surface area contributed by atoms with Crippen LogP contribution in [0, 0.1) is 0 Å². The van der Waals surface area contributed by atoms with Crippen LogP contribution in [0.4, 0.5) is 5.69 Å². The zero-order valence-corrected chi connectivity index (χ0v) is 12.7. The second-order valence-corrected chi connectivity index (χ2v) is 5.47. The Labute approximate surface area is 125 Å². The molecule has 3 nitrogen and oxygen atoms in total. The van der Waals surface area contributed by atoms with Gasteiger partial charge in [0.1, 0.15) is 0 Å². The number of hydrogen-bond donors (Lipinski definition) is 2. The maximum atomic E-state index is 6.21. The summed E-state index contributed by atoms with van der Waals surface area (Å²) in [4.78, 5) is 4.44. The van der Waals surface area contributed by atoms with E-state index in [-0.39, 0.29) is 6.04 Å². The van der Waals surface area contributed by atoms with Gasteiger partial charge in [-0.05, 0) is 30.7 Å². The topological polar surface area (TPSA) is 50.9 Å². The van der Waals surface area contributed by atoms with Gasteiger partial charge in [0.2, 0.25) is 0 Å². The minimum atomic E-state index is 0.285. The van der Waals surface area contributed by atoms with Gasteiger partial charge in [-0.25, -0.2) is 0 Å². The van der Waals surface area contributed by atoms with Crippen LogP contribution >= 0.6 is 11.6 Å². The van der Waals surface area contributed by atoms with Gasteiger partial charge in [-0.2, -0.15) is 0 Å². The van der Waals surface area contributed by atoms with E-state index in [9.17, 15) is 0 Å². The number of nitrogens with zero attached hydrogens (tertiary/aromatic N) is 1. The molecule has 3 N–H and O–H groups in total. The maximum absolute atomic E-state index is 6.21. The molecule has 0 aliphatic rings. The number of fused-ring (bicyclic) bond motifs is 1. The fraction of sp³-hybridized carbons (Fsp3) is 0.438. The number of hydrogen-bond acceptors (Lipinski definition) is 3. The highest BCUT2D eigenvalue weighted by Gasteiger charge is 2.10. The van der Waals surface area contributed by atoms with Gasteiger partial charge in [-0.1, -0.05) is 37.8 Å². The van der Waals surface area contributed by atoms with E-state index in [0.29, 0.717) is 6.54 Å². The lowest BCUT2D eigenvalue weighted by molar-refractivity contribution is 0.592. The number of rotatable bonds is 7. The van der Waals surface area contributed by atoms with Crippen molar-refractivity contribution in [1.29, 1.82) is 0 Å². The Kier molecular flexibility index (Phi) is 5.62. The predicted octanol–water partition coefficient (Wildman–Crippen LogP) is 4.21. The molecule has 1 unspecified atom stereocenters. The van der Waals surface area contributed by atoms with Crippen LogP contribution in [0.3, 0.4) is 0 Å². The SMILES string of the molecule is CCCCCC(CN)Nc1ccc(Cl)c2cccnc12. The number of benzene rings is 1. The van der Waals surface area contributed by atoms with Crippen LogP contribution in [0.15, 0.2) is 30.5 Å². The summed E-state index contributed by atoms with van der Waals surface area (Å²) >= 11 is 6.21. The van der Waals surface area contributed by atoms with Gasteiger partial charge >= 0.3 is 0 Å². The zero-order valence-electron chi connectivity index (χ0n) is 11.9. The third-order valence-corrected chi connectivity index (χ3v) is 3.85. The number of pyridine rings is 1. The second kappa shape index (κ2) is 7.46. The number of unbranched alkanes of at least 4 members (excludes halogenated alkanes) is 2. The summed E-state index contributed by atoms with van der Waals surface area (Å²) in [5.41, 5.74) is 7.79. The minimum absolute atomic E-state index is 0.285. The molecule has 0 fully saturated rings. The summed E-state index contributed by atoms with van der Waals surface area (Å²) in [5, 5.41) is 5.22. The molecule has 4 heteroatoms. The highest BCUT2D eigenvalue weighted by molar-refractivity contribution is 6.35. The summed E-state index contributed by atoms with van der Waals surface area (Å²) in [6.07, 6.45) is 6.55. The molecule has 108 valence electrons. The normalized spacial score (nSPS) is 12.6. The molecule has 1 atom stereocenters. The number of aromatic nitrogens is 1. The first-order valence-electron chi connectivity index (χ1n) is 7.26. The number of nitrogens with one attached hydrogen (secondary N) is 1. The molecule has 0 bridgehead atoms. The standard InChI is InChI=1S/C16H22ClN3/c1-2-3-4-6-12(11-18)20-15-9-8-14(17)13-7-5-10-19-16(13)15/h5,7-10,12,20H,2-4,6,11,18H2,1H3. The molecular formula is C16H22ClN3. The molecule has 0 aliphatic carbocycles. The van der Waals surface area contributed by atoms with E-state index < -0.39 is 0 Å². The molecule has 1 aromatic carbocycles. The summed E-state index contributed by atoms with van der Waals surface area (Å²) in [6.45, 7) is 2.84. The van der Waals surface area contributed by atoms with Crippen LogP contribution in [0.5, 0.6) is 0 Å². The first-order valence-corrected chi connectivity index (χ1v) is 7.64. The Hall–Kier alpha value is -1.32. The van der Waals surface area contributed by atoms with Crippen LogP contribution in [-0.2, 0) is 0 Å². The number of nitrogens with two attached hydrogens (primary N) is 1. The third-order valence-electron chi connectivity index (χ3n) is 3.52. The van der Waals surface area contributed by atoms with Crippen molar-refractivity contribution < 1.29 is 0 Å². The Morgan fingerprint density at radius 1 is 1.30 bits per heavy atom. The lowest BCUT2D eigenvalue weighted by Gasteiger charge is -2.19. The maximum Gasteiger partial charge on any atom is 0.0948 e. The van der Waals surface area contributed by atoms with Crippen molar-refractivity contribution in [3.05, 3.63) is 35.5 Å². The average molecular weight is 292 g/mol. The largest absolute Gasteiger partial charge is 0.379 e. The first kappa shape index (κ1) is 15.1. The minimum Gasteiger partial charge on any atom is -0.379 e. The van der Waals surface area contributed by atoms with Crippen molar-refractivity contribution >= 4 is 28.2 Å². The van der Waals surface area contributed by atoms with Crippen molar-refractivity contribution in [3.63, 3.8) is 0 Å².